The van der Waals surface area contributed by atoms with Gasteiger partial charge in [0.15, 0.2) is 0 Å². The highest BCUT2D eigenvalue weighted by atomic mass is 16.0. The van der Waals surface area contributed by atoms with Crippen molar-refractivity contribution in [2.24, 2.45) is 0 Å². The summed E-state index contributed by atoms with van der Waals surface area (Å²) in [5, 5.41) is 0. The fraction of sp³-hybridized carbons (Fsp3) is 0.667. The Hall–Kier alpha value is -0.760. The average molecular weight is 197 g/mol. The van der Waals surface area contributed by atoms with Gasteiger partial charge in [-0.05, 0) is 25.6 Å². The van der Waals surface area contributed by atoms with Gasteiger partial charge in [-0.2, -0.15) is 0 Å². The van der Waals surface area contributed by atoms with Crippen LogP contribution in [0.5, 0.6) is 0 Å². The minimum absolute atomic E-state index is 0. The molecule has 2 heteroatoms. The lowest BCUT2D eigenvalue weighted by Gasteiger charge is -2.21. The second kappa shape index (κ2) is 7.63. The molecular formula is C12H23NO. The van der Waals surface area contributed by atoms with Crippen LogP contribution in [0.3, 0.4) is 0 Å². The molecule has 0 aromatic rings. The van der Waals surface area contributed by atoms with Crippen molar-refractivity contribution >= 4 is 0 Å². The molecule has 0 saturated heterocycles. The van der Waals surface area contributed by atoms with E-state index in [-0.39, 0.29) is 5.48 Å². The smallest absolute Gasteiger partial charge is 0.0359 e. The van der Waals surface area contributed by atoms with Crippen LogP contribution in [-0.2, 0) is 0 Å². The third-order valence-electron chi connectivity index (χ3n) is 2.49. The van der Waals surface area contributed by atoms with Crippen molar-refractivity contribution in [1.29, 1.82) is 0 Å². The largest absolute Gasteiger partial charge is 0.412 e. The molecule has 0 unspecified atom stereocenters. The van der Waals surface area contributed by atoms with Gasteiger partial charge in [-0.15, -0.1) is 0 Å². The summed E-state index contributed by atoms with van der Waals surface area (Å²) in [5.74, 6) is 0. The molecular weight excluding hydrogens is 174 g/mol. The van der Waals surface area contributed by atoms with Gasteiger partial charge >= 0.3 is 0 Å². The minimum atomic E-state index is 0. The van der Waals surface area contributed by atoms with Crippen molar-refractivity contribution < 1.29 is 5.48 Å². The Morgan fingerprint density at radius 1 is 1.29 bits per heavy atom. The second-order valence-corrected chi connectivity index (χ2v) is 3.82. The molecule has 0 atom stereocenters. The molecule has 0 saturated carbocycles. The Bertz CT molecular complexity index is 196. The topological polar surface area (TPSA) is 34.7 Å². The van der Waals surface area contributed by atoms with E-state index in [1.807, 2.05) is 0 Å². The zero-order valence-electron chi connectivity index (χ0n) is 9.42. The lowest BCUT2D eigenvalue weighted by Crippen LogP contribution is -2.20. The summed E-state index contributed by atoms with van der Waals surface area (Å²) in [6.07, 6.45) is 12.1. The molecule has 0 amide bonds. The lowest BCUT2D eigenvalue weighted by molar-refractivity contribution is 0.392. The zero-order chi connectivity index (χ0) is 9.52. The maximum Gasteiger partial charge on any atom is 0.0359 e. The van der Waals surface area contributed by atoms with Crippen LogP contribution in [0.15, 0.2) is 23.9 Å². The van der Waals surface area contributed by atoms with Gasteiger partial charge in [0, 0.05) is 13.1 Å². The van der Waals surface area contributed by atoms with Crippen molar-refractivity contribution in [3.8, 4) is 0 Å². The fourth-order valence-corrected chi connectivity index (χ4v) is 1.52. The van der Waals surface area contributed by atoms with E-state index >= 15 is 0 Å². The summed E-state index contributed by atoms with van der Waals surface area (Å²) in [4.78, 5) is 2.39. The van der Waals surface area contributed by atoms with Gasteiger partial charge in [0.05, 0.1) is 0 Å². The number of allylic oxidation sites excluding steroid dienone is 2. The number of unbranched alkanes of at least 4 members (excludes halogenated alkanes) is 3. The SMILES string of the molecule is CCCCCCN1C=CC(C)=CC1.O. The van der Waals surface area contributed by atoms with E-state index in [0.717, 1.165) is 6.54 Å². The first kappa shape index (κ1) is 13.2. The van der Waals surface area contributed by atoms with Gasteiger partial charge in [0.1, 0.15) is 0 Å². The second-order valence-electron chi connectivity index (χ2n) is 3.82. The van der Waals surface area contributed by atoms with Crippen LogP contribution >= 0.6 is 0 Å². The third kappa shape index (κ3) is 5.07. The van der Waals surface area contributed by atoms with Crippen LogP contribution < -0.4 is 0 Å². The maximum atomic E-state index is 2.39. The van der Waals surface area contributed by atoms with E-state index in [9.17, 15) is 0 Å². The van der Waals surface area contributed by atoms with E-state index < -0.39 is 0 Å². The molecule has 1 aliphatic heterocycles. The van der Waals surface area contributed by atoms with E-state index in [1.165, 1.54) is 37.8 Å². The zero-order valence-corrected chi connectivity index (χ0v) is 9.42. The van der Waals surface area contributed by atoms with Crippen LogP contribution in [0.4, 0.5) is 0 Å². The van der Waals surface area contributed by atoms with Crippen LogP contribution in [0.25, 0.3) is 0 Å². The quantitative estimate of drug-likeness (QED) is 0.624. The highest BCUT2D eigenvalue weighted by molar-refractivity contribution is 5.19. The molecule has 0 bridgehead atoms. The summed E-state index contributed by atoms with van der Waals surface area (Å²) in [6, 6.07) is 0. The molecule has 0 aliphatic carbocycles. The average Bonchev–Trinajstić information content (AvgIpc) is 2.15. The first-order valence-corrected chi connectivity index (χ1v) is 5.42. The van der Waals surface area contributed by atoms with E-state index in [0.29, 0.717) is 0 Å². The van der Waals surface area contributed by atoms with Gasteiger partial charge in [0.2, 0.25) is 0 Å². The minimum Gasteiger partial charge on any atom is -0.412 e. The van der Waals surface area contributed by atoms with Gasteiger partial charge < -0.3 is 10.4 Å². The van der Waals surface area contributed by atoms with Crippen molar-refractivity contribution in [3.63, 3.8) is 0 Å². The Morgan fingerprint density at radius 2 is 2.07 bits per heavy atom. The summed E-state index contributed by atoms with van der Waals surface area (Å²) in [6.45, 7) is 6.74. The Kier molecular flexibility index (Phi) is 7.21. The van der Waals surface area contributed by atoms with E-state index in [1.54, 1.807) is 0 Å². The summed E-state index contributed by atoms with van der Waals surface area (Å²) in [7, 11) is 0. The number of hydrogen-bond acceptors (Lipinski definition) is 1. The van der Waals surface area contributed by atoms with Crippen LogP contribution in [0.2, 0.25) is 0 Å². The molecule has 1 rings (SSSR count). The normalized spacial score (nSPS) is 15.0. The first-order chi connectivity index (χ1) is 6.33. The Labute approximate surface area is 87.6 Å². The molecule has 0 fully saturated rings. The third-order valence-corrected chi connectivity index (χ3v) is 2.49. The van der Waals surface area contributed by atoms with Crippen molar-refractivity contribution in [2.45, 2.75) is 39.5 Å². The molecule has 2 N–H and O–H groups in total. The van der Waals surface area contributed by atoms with Gasteiger partial charge in [-0.3, -0.25) is 0 Å². The lowest BCUT2D eigenvalue weighted by atomic mass is 10.2. The predicted octanol–water partition coefficient (Wildman–Crippen LogP) is 2.52. The first-order valence-electron chi connectivity index (χ1n) is 5.42. The standard InChI is InChI=1S/C12H21N.H2O/c1-3-4-5-6-9-13-10-7-12(2)8-11-13;/h7-8,10H,3-6,9,11H2,1-2H3;1H2. The molecule has 14 heavy (non-hydrogen) atoms. The van der Waals surface area contributed by atoms with E-state index in [2.05, 4.69) is 37.1 Å². The molecule has 0 aromatic heterocycles. The number of nitrogens with zero attached hydrogens (tertiary/aromatic N) is 1. The van der Waals surface area contributed by atoms with Gasteiger partial charge in [0.25, 0.3) is 0 Å². The van der Waals surface area contributed by atoms with Crippen LogP contribution in [-0.4, -0.2) is 23.5 Å². The molecule has 2 nitrogen and oxygen atoms in total. The number of hydrogen-bond donors (Lipinski definition) is 0. The van der Waals surface area contributed by atoms with Gasteiger partial charge in [-0.1, -0.05) is 37.8 Å². The highest BCUT2D eigenvalue weighted by Crippen LogP contribution is 2.08. The highest BCUT2D eigenvalue weighted by Gasteiger charge is 2.00. The van der Waals surface area contributed by atoms with Gasteiger partial charge in [-0.25, -0.2) is 0 Å². The number of rotatable bonds is 5. The molecule has 0 spiro atoms. The molecule has 1 aliphatic rings. The maximum absolute atomic E-state index is 2.39. The molecule has 0 radical (unpaired) electrons. The van der Waals surface area contributed by atoms with Crippen LogP contribution in [0.1, 0.15) is 39.5 Å². The summed E-state index contributed by atoms with van der Waals surface area (Å²) in [5.41, 5.74) is 1.39. The molecule has 0 aromatic carbocycles. The predicted molar refractivity (Wildman–Crippen MR) is 62.2 cm³/mol. The Balaban J connectivity index is 0.00000169. The Morgan fingerprint density at radius 3 is 2.64 bits per heavy atom. The fourth-order valence-electron chi connectivity index (χ4n) is 1.52. The summed E-state index contributed by atoms with van der Waals surface area (Å²) >= 11 is 0. The van der Waals surface area contributed by atoms with Crippen LogP contribution in [0, 0.1) is 0 Å². The van der Waals surface area contributed by atoms with Crippen molar-refractivity contribution in [3.05, 3.63) is 23.9 Å². The van der Waals surface area contributed by atoms with Crippen molar-refractivity contribution in [1.82, 2.24) is 4.90 Å². The summed E-state index contributed by atoms with van der Waals surface area (Å²) < 4.78 is 0. The molecule has 82 valence electrons. The monoisotopic (exact) mass is 197 g/mol. The van der Waals surface area contributed by atoms with E-state index in [4.69, 9.17) is 0 Å². The van der Waals surface area contributed by atoms with Crippen molar-refractivity contribution in [2.75, 3.05) is 13.1 Å². The molecule has 1 heterocycles.